The molecular weight excluding hydrogens is 282 g/mol. The van der Waals surface area contributed by atoms with Gasteiger partial charge in [-0.2, -0.15) is 5.10 Å². The Bertz CT molecular complexity index is 691. The zero-order valence-electron chi connectivity index (χ0n) is 12.1. The maximum atomic E-state index is 5.50. The lowest BCUT2D eigenvalue weighted by atomic mass is 9.96. The largest absolute Gasteiger partial charge is 0.463 e. The summed E-state index contributed by atoms with van der Waals surface area (Å²) in [5.74, 6) is 1.34. The van der Waals surface area contributed by atoms with Gasteiger partial charge in [-0.3, -0.25) is 4.99 Å². The van der Waals surface area contributed by atoms with Crippen molar-refractivity contribution in [3.63, 3.8) is 0 Å². The molecule has 0 saturated heterocycles. The lowest BCUT2D eigenvalue weighted by Gasteiger charge is -2.12. The molecule has 2 heterocycles. The van der Waals surface area contributed by atoms with Crippen molar-refractivity contribution in [1.29, 1.82) is 0 Å². The van der Waals surface area contributed by atoms with E-state index in [0.717, 1.165) is 35.6 Å². The van der Waals surface area contributed by atoms with Crippen molar-refractivity contribution >= 4 is 17.6 Å². The third-order valence-corrected chi connectivity index (χ3v) is 4.31. The molecule has 1 aliphatic rings. The second kappa shape index (κ2) is 6.72. The molecule has 0 spiro atoms. The number of rotatable bonds is 4. The molecule has 0 amide bonds. The van der Waals surface area contributed by atoms with Crippen molar-refractivity contribution in [3.05, 3.63) is 40.7 Å². The van der Waals surface area contributed by atoms with Gasteiger partial charge < -0.3 is 4.42 Å². The first-order valence-electron chi connectivity index (χ1n) is 7.33. The molecule has 2 aromatic heterocycles. The van der Waals surface area contributed by atoms with Crippen LogP contribution in [0.1, 0.15) is 26.2 Å². The molecule has 3 rings (SSSR count). The van der Waals surface area contributed by atoms with Crippen LogP contribution >= 0.6 is 11.3 Å². The number of nitrogens with zero attached hydrogens (tertiary/aromatic N) is 3. The van der Waals surface area contributed by atoms with Gasteiger partial charge in [-0.05, 0) is 44.2 Å². The van der Waals surface area contributed by atoms with Gasteiger partial charge in [0, 0.05) is 18.1 Å². The highest BCUT2D eigenvalue weighted by molar-refractivity contribution is 7.07. The zero-order chi connectivity index (χ0) is 14.5. The summed E-state index contributed by atoms with van der Waals surface area (Å²) in [6.07, 6.45) is 11.6. The first-order chi connectivity index (χ1) is 10.4. The molecule has 0 aromatic carbocycles. The normalized spacial score (nSPS) is 19.7. The van der Waals surface area contributed by atoms with Gasteiger partial charge in [-0.15, -0.1) is 11.3 Å². The summed E-state index contributed by atoms with van der Waals surface area (Å²) in [5.41, 5.74) is 0.958. The highest BCUT2D eigenvalue weighted by atomic mass is 32.1. The lowest BCUT2D eigenvalue weighted by molar-refractivity contribution is 0.574. The van der Waals surface area contributed by atoms with Crippen molar-refractivity contribution < 1.29 is 4.42 Å². The maximum Gasteiger partial charge on any atom is 0.206 e. The van der Waals surface area contributed by atoms with Gasteiger partial charge in [0.05, 0.1) is 6.26 Å². The van der Waals surface area contributed by atoms with Crippen molar-refractivity contribution in [2.75, 3.05) is 6.54 Å². The number of aromatic nitrogens is 1. The van der Waals surface area contributed by atoms with Crippen LogP contribution in [0.25, 0.3) is 11.5 Å². The highest BCUT2D eigenvalue weighted by Crippen LogP contribution is 2.21. The van der Waals surface area contributed by atoms with E-state index in [-0.39, 0.29) is 0 Å². The van der Waals surface area contributed by atoms with E-state index in [1.54, 1.807) is 17.6 Å². The van der Waals surface area contributed by atoms with Crippen LogP contribution in [0.5, 0.6) is 0 Å². The molecule has 110 valence electrons. The predicted octanol–water partition coefficient (Wildman–Crippen LogP) is 3.92. The fraction of sp³-hybridized carbons (Fsp3) is 0.375. The van der Waals surface area contributed by atoms with E-state index in [0.29, 0.717) is 5.92 Å². The van der Waals surface area contributed by atoms with E-state index < -0.39 is 0 Å². The van der Waals surface area contributed by atoms with Crippen molar-refractivity contribution in [2.45, 2.75) is 26.2 Å². The third kappa shape index (κ3) is 3.24. The number of hydrogen-bond donors (Lipinski definition) is 0. The van der Waals surface area contributed by atoms with Crippen LogP contribution in [-0.2, 0) is 0 Å². The molecule has 1 aliphatic carbocycles. The first-order valence-corrected chi connectivity index (χ1v) is 8.21. The highest BCUT2D eigenvalue weighted by Gasteiger charge is 2.11. The monoisotopic (exact) mass is 301 g/mol. The molecule has 2 aromatic rings. The fourth-order valence-corrected chi connectivity index (χ4v) is 3.24. The van der Waals surface area contributed by atoms with Gasteiger partial charge in [0.1, 0.15) is 5.69 Å². The van der Waals surface area contributed by atoms with Crippen LogP contribution in [0.15, 0.2) is 50.4 Å². The Morgan fingerprint density at radius 2 is 2.43 bits per heavy atom. The molecule has 5 heteroatoms. The Balaban J connectivity index is 1.95. The molecule has 0 N–H and O–H groups in total. The summed E-state index contributed by atoms with van der Waals surface area (Å²) in [6, 6.07) is 3.84. The number of hydrogen-bond acceptors (Lipinski definition) is 4. The third-order valence-electron chi connectivity index (χ3n) is 3.45. The van der Waals surface area contributed by atoms with Gasteiger partial charge >= 0.3 is 0 Å². The Kier molecular flexibility index (Phi) is 4.50. The molecule has 0 saturated carbocycles. The number of thiazole rings is 1. The average Bonchev–Trinajstić information content (AvgIpc) is 3.16. The van der Waals surface area contributed by atoms with Gasteiger partial charge in [0.2, 0.25) is 4.80 Å². The molecule has 0 aliphatic heterocycles. The second-order valence-electron chi connectivity index (χ2n) is 4.98. The number of furan rings is 1. The molecule has 0 fully saturated rings. The topological polar surface area (TPSA) is 42.8 Å². The van der Waals surface area contributed by atoms with Crippen LogP contribution < -0.4 is 4.80 Å². The van der Waals surface area contributed by atoms with E-state index in [4.69, 9.17) is 4.42 Å². The van der Waals surface area contributed by atoms with Crippen LogP contribution in [-0.4, -0.2) is 17.4 Å². The smallest absolute Gasteiger partial charge is 0.206 e. The summed E-state index contributed by atoms with van der Waals surface area (Å²) in [7, 11) is 0. The van der Waals surface area contributed by atoms with Crippen molar-refractivity contribution in [1.82, 2.24) is 4.68 Å². The average molecular weight is 301 g/mol. The van der Waals surface area contributed by atoms with E-state index in [9.17, 15) is 0 Å². The van der Waals surface area contributed by atoms with Crippen LogP contribution in [0.2, 0.25) is 0 Å². The molecule has 1 atom stereocenters. The Labute approximate surface area is 128 Å². The minimum Gasteiger partial charge on any atom is -0.463 e. The van der Waals surface area contributed by atoms with E-state index in [2.05, 4.69) is 28.5 Å². The molecule has 0 radical (unpaired) electrons. The molecule has 1 unspecified atom stereocenters. The second-order valence-corrected chi connectivity index (χ2v) is 5.81. The Morgan fingerprint density at radius 3 is 3.14 bits per heavy atom. The van der Waals surface area contributed by atoms with Gasteiger partial charge in [-0.25, -0.2) is 4.68 Å². The Morgan fingerprint density at radius 1 is 1.48 bits per heavy atom. The summed E-state index contributed by atoms with van der Waals surface area (Å²) in [5, 5.41) is 6.73. The molecular formula is C16H19N3OS. The van der Waals surface area contributed by atoms with Gasteiger partial charge in [-0.1, -0.05) is 12.2 Å². The summed E-state index contributed by atoms with van der Waals surface area (Å²) in [6.45, 7) is 2.78. The van der Waals surface area contributed by atoms with Gasteiger partial charge in [0.15, 0.2) is 5.76 Å². The van der Waals surface area contributed by atoms with E-state index in [1.807, 2.05) is 29.1 Å². The fourth-order valence-electron chi connectivity index (χ4n) is 2.36. The summed E-state index contributed by atoms with van der Waals surface area (Å²) >= 11 is 1.59. The Hall–Kier alpha value is -1.88. The first kappa shape index (κ1) is 14.1. The zero-order valence-corrected chi connectivity index (χ0v) is 12.9. The quantitative estimate of drug-likeness (QED) is 0.623. The van der Waals surface area contributed by atoms with E-state index >= 15 is 0 Å². The predicted molar refractivity (Wildman–Crippen MR) is 86.5 cm³/mol. The van der Waals surface area contributed by atoms with Crippen LogP contribution in [0.3, 0.4) is 0 Å². The minimum atomic E-state index is 0.515. The summed E-state index contributed by atoms with van der Waals surface area (Å²) < 4.78 is 7.40. The molecule has 21 heavy (non-hydrogen) atoms. The summed E-state index contributed by atoms with van der Waals surface area (Å²) in [4.78, 5) is 5.42. The number of allylic oxidation sites excluding steroid dienone is 2. The lowest BCUT2D eigenvalue weighted by Crippen LogP contribution is -2.14. The maximum absolute atomic E-state index is 5.50. The van der Waals surface area contributed by atoms with Crippen LogP contribution in [0.4, 0.5) is 0 Å². The van der Waals surface area contributed by atoms with Crippen molar-refractivity contribution in [3.8, 4) is 11.5 Å². The van der Waals surface area contributed by atoms with Crippen molar-refractivity contribution in [2.24, 2.45) is 16.0 Å². The molecule has 0 bridgehead atoms. The minimum absolute atomic E-state index is 0.515. The SMILES string of the molecule is CCN=c1scc(-c2ccco2)n1N=CC1CC=CCC1. The van der Waals surface area contributed by atoms with Crippen LogP contribution in [0, 0.1) is 5.92 Å². The molecule has 4 nitrogen and oxygen atoms in total. The standard InChI is InChI=1S/C16H19N3OS/c1-2-17-16-19(18-11-13-7-4-3-5-8-13)14(12-21-16)15-9-6-10-20-15/h3-4,6,9-13H,2,5,7-8H2,1H3. The van der Waals surface area contributed by atoms with E-state index in [1.165, 1.54) is 6.42 Å². The van der Waals surface area contributed by atoms with Gasteiger partial charge in [0.25, 0.3) is 0 Å².